The van der Waals surface area contributed by atoms with Gasteiger partial charge in [-0.25, -0.2) is 0 Å². The first-order valence-electron chi connectivity index (χ1n) is 10.3. The highest BCUT2D eigenvalue weighted by Gasteiger charge is 2.62. The predicted octanol–water partition coefficient (Wildman–Crippen LogP) is 3.45. The molecule has 8 atom stereocenters. The van der Waals surface area contributed by atoms with Crippen molar-refractivity contribution in [1.29, 1.82) is 0 Å². The third kappa shape index (κ3) is 2.68. The fraction of sp³-hybridized carbons (Fsp3) is 0.905. The zero-order valence-electron chi connectivity index (χ0n) is 16.0. The fourth-order valence-electron chi connectivity index (χ4n) is 7.44. The van der Waals surface area contributed by atoms with Crippen molar-refractivity contribution in [3.05, 3.63) is 0 Å². The molecule has 4 nitrogen and oxygen atoms in total. The topological polar surface area (TPSA) is 63.6 Å². The van der Waals surface area contributed by atoms with Crippen molar-refractivity contribution in [3.8, 4) is 0 Å². The number of thioether (sulfide) groups is 1. The van der Waals surface area contributed by atoms with Gasteiger partial charge in [0.1, 0.15) is 5.78 Å². The third-order valence-corrected chi connectivity index (χ3v) is 10.3. The van der Waals surface area contributed by atoms with E-state index in [0.29, 0.717) is 41.9 Å². The number of aliphatic hydroxyl groups is 1. The van der Waals surface area contributed by atoms with Gasteiger partial charge >= 0.3 is 0 Å². The fourth-order valence-corrected chi connectivity index (χ4v) is 9.41. The molecule has 4 fully saturated rings. The summed E-state index contributed by atoms with van der Waals surface area (Å²) < 4.78 is 5.38. The van der Waals surface area contributed by atoms with Crippen molar-refractivity contribution in [1.82, 2.24) is 0 Å². The molecule has 1 aliphatic heterocycles. The first-order valence-corrected chi connectivity index (χ1v) is 11.3. The zero-order valence-corrected chi connectivity index (χ0v) is 16.8. The highest BCUT2D eigenvalue weighted by molar-refractivity contribution is 8.00. The molecular weight excluding hydrogens is 348 g/mol. The molecule has 4 aliphatic rings. The average Bonchev–Trinajstić information content (AvgIpc) is 2.97. The minimum absolute atomic E-state index is 0.0172. The summed E-state index contributed by atoms with van der Waals surface area (Å²) in [5.41, 5.74) is 0.171. The van der Waals surface area contributed by atoms with E-state index in [1.54, 1.807) is 6.92 Å². The molecule has 0 aromatic rings. The van der Waals surface area contributed by atoms with Gasteiger partial charge < -0.3 is 9.84 Å². The van der Waals surface area contributed by atoms with Crippen LogP contribution in [0.4, 0.5) is 0 Å². The molecule has 0 amide bonds. The summed E-state index contributed by atoms with van der Waals surface area (Å²) in [6.45, 7) is 5.24. The largest absolute Gasteiger partial charge is 0.467 e. The summed E-state index contributed by atoms with van der Waals surface area (Å²) in [5, 5.41) is 10.6. The van der Waals surface area contributed by atoms with Crippen molar-refractivity contribution < 1.29 is 19.4 Å². The molecule has 1 saturated heterocycles. The molecule has 1 heterocycles. The van der Waals surface area contributed by atoms with Crippen molar-refractivity contribution >= 4 is 24.0 Å². The summed E-state index contributed by atoms with van der Waals surface area (Å²) in [4.78, 5) is 23.2. The maximum absolute atomic E-state index is 12.2. The van der Waals surface area contributed by atoms with Crippen molar-refractivity contribution in [2.75, 3.05) is 12.4 Å². The Morgan fingerprint density at radius 1 is 1.23 bits per heavy atom. The predicted molar refractivity (Wildman–Crippen MR) is 102 cm³/mol. The van der Waals surface area contributed by atoms with Gasteiger partial charge in [0.05, 0.1) is 12.7 Å². The van der Waals surface area contributed by atoms with Crippen LogP contribution in [0, 0.1) is 34.5 Å². The maximum Gasteiger partial charge on any atom is 0.293 e. The number of rotatable bonds is 4. The lowest BCUT2D eigenvalue weighted by molar-refractivity contribution is -0.142. The summed E-state index contributed by atoms with van der Waals surface area (Å²) in [6.07, 6.45) is 6.86. The van der Waals surface area contributed by atoms with Gasteiger partial charge in [-0.3, -0.25) is 9.59 Å². The molecular formula is C21H32O4S. The molecule has 4 rings (SSSR count). The number of ether oxygens (including phenoxy) is 1. The highest BCUT2D eigenvalue weighted by Crippen LogP contribution is 2.67. The smallest absolute Gasteiger partial charge is 0.293 e. The second kappa shape index (κ2) is 6.80. The number of carbonyl (C=O) groups excluding carboxylic acids is 2. The Kier molecular flexibility index (Phi) is 4.92. The molecule has 26 heavy (non-hydrogen) atoms. The molecule has 0 bridgehead atoms. The Balaban J connectivity index is 1.64. The van der Waals surface area contributed by atoms with E-state index < -0.39 is 0 Å². The second-order valence-electron chi connectivity index (χ2n) is 9.55. The Morgan fingerprint density at radius 3 is 2.77 bits per heavy atom. The highest BCUT2D eigenvalue weighted by atomic mass is 32.2. The summed E-state index contributed by atoms with van der Waals surface area (Å²) >= 11 is 2.00. The number of carbonyl (C=O) groups is 2. The first kappa shape index (κ1) is 18.8. The molecule has 0 aromatic carbocycles. The van der Waals surface area contributed by atoms with Crippen LogP contribution in [0.3, 0.4) is 0 Å². The Bertz CT molecular complexity index is 580. The second-order valence-corrected chi connectivity index (χ2v) is 10.8. The minimum Gasteiger partial charge on any atom is -0.467 e. The van der Waals surface area contributed by atoms with Crippen LogP contribution in [-0.4, -0.2) is 41.1 Å². The van der Waals surface area contributed by atoms with E-state index in [2.05, 4.69) is 6.92 Å². The molecule has 0 radical (unpaired) electrons. The van der Waals surface area contributed by atoms with Gasteiger partial charge in [-0.2, -0.15) is 11.8 Å². The van der Waals surface area contributed by atoms with Crippen LogP contribution in [-0.2, 0) is 14.3 Å². The molecule has 3 saturated carbocycles. The number of aliphatic hydroxyl groups excluding tert-OH is 1. The van der Waals surface area contributed by atoms with E-state index in [0.717, 1.165) is 44.3 Å². The van der Waals surface area contributed by atoms with E-state index in [1.165, 1.54) is 6.42 Å². The summed E-state index contributed by atoms with van der Waals surface area (Å²) in [5.74, 6) is 3.52. The van der Waals surface area contributed by atoms with E-state index in [1.807, 2.05) is 11.8 Å². The molecule has 5 heteroatoms. The SMILES string of the molecule is CC(=O)[C@H]1CC[C@H]2[C@@H]3CS[C@H]4C[C@@H](O)CC[C@]4(COC=O)[C@H]3CC[C@]12C. The average molecular weight is 381 g/mol. The van der Waals surface area contributed by atoms with E-state index >= 15 is 0 Å². The Morgan fingerprint density at radius 2 is 2.04 bits per heavy atom. The van der Waals surface area contributed by atoms with Crippen LogP contribution in [0.5, 0.6) is 0 Å². The lowest BCUT2D eigenvalue weighted by atomic mass is 9.50. The van der Waals surface area contributed by atoms with Gasteiger partial charge in [0.15, 0.2) is 0 Å². The molecule has 0 spiro atoms. The minimum atomic E-state index is -0.212. The molecule has 1 N–H and O–H groups in total. The van der Waals surface area contributed by atoms with Crippen LogP contribution >= 0.6 is 11.8 Å². The maximum atomic E-state index is 12.2. The standard InChI is InChI=1S/C21H32O4S/c1-13(23)16-3-4-17-15-10-26-19-9-14(24)5-8-21(19,11-25-12-22)18(15)6-7-20(16,17)2/h12,14-19,24H,3-11H2,1-2H3/t14-,15-,16+,17-,18-,19-,20+,21-/m0/s1. The number of ketones is 1. The molecule has 0 aromatic heterocycles. The van der Waals surface area contributed by atoms with Crippen LogP contribution in [0.15, 0.2) is 0 Å². The van der Waals surface area contributed by atoms with E-state index in [9.17, 15) is 14.7 Å². The lowest BCUT2D eigenvalue weighted by Gasteiger charge is -2.60. The Labute approximate surface area is 160 Å². The number of Topliss-reactive ketones (excluding diaryl/α,β-unsaturated/α-hetero) is 1. The van der Waals surface area contributed by atoms with Crippen molar-refractivity contribution in [2.45, 2.75) is 70.1 Å². The van der Waals surface area contributed by atoms with Crippen molar-refractivity contribution in [2.24, 2.45) is 34.5 Å². The number of fused-ring (bicyclic) bond motifs is 5. The molecule has 3 aliphatic carbocycles. The van der Waals surface area contributed by atoms with Gasteiger partial charge in [-0.15, -0.1) is 0 Å². The van der Waals surface area contributed by atoms with Crippen LogP contribution in [0.25, 0.3) is 0 Å². The van der Waals surface area contributed by atoms with Crippen LogP contribution in [0.1, 0.15) is 58.8 Å². The molecule has 0 unspecified atom stereocenters. The number of hydrogen-bond donors (Lipinski definition) is 1. The zero-order chi connectivity index (χ0) is 18.5. The van der Waals surface area contributed by atoms with Gasteiger partial charge in [0.2, 0.25) is 0 Å². The van der Waals surface area contributed by atoms with Gasteiger partial charge in [-0.05, 0) is 80.8 Å². The van der Waals surface area contributed by atoms with Gasteiger partial charge in [-0.1, -0.05) is 6.92 Å². The Hall–Kier alpha value is -0.550. The van der Waals surface area contributed by atoms with Crippen LogP contribution < -0.4 is 0 Å². The normalized spacial score (nSPS) is 50.3. The van der Waals surface area contributed by atoms with Crippen molar-refractivity contribution in [3.63, 3.8) is 0 Å². The van der Waals surface area contributed by atoms with E-state index in [4.69, 9.17) is 4.74 Å². The number of hydrogen-bond acceptors (Lipinski definition) is 5. The van der Waals surface area contributed by atoms with Gasteiger partial charge in [0.25, 0.3) is 6.47 Å². The monoisotopic (exact) mass is 380 g/mol. The molecule has 146 valence electrons. The van der Waals surface area contributed by atoms with Gasteiger partial charge in [0, 0.05) is 16.6 Å². The summed E-state index contributed by atoms with van der Waals surface area (Å²) in [6, 6.07) is 0. The first-order chi connectivity index (χ1) is 12.4. The van der Waals surface area contributed by atoms with E-state index in [-0.39, 0.29) is 22.9 Å². The third-order valence-electron chi connectivity index (χ3n) is 8.65. The van der Waals surface area contributed by atoms with Crippen LogP contribution in [0.2, 0.25) is 0 Å². The quantitative estimate of drug-likeness (QED) is 0.757. The summed E-state index contributed by atoms with van der Waals surface area (Å²) in [7, 11) is 0. The lowest BCUT2D eigenvalue weighted by Crippen LogP contribution is -2.59.